The first kappa shape index (κ1) is 17.6. The number of hydrogen-bond donors (Lipinski definition) is 1. The van der Waals surface area contributed by atoms with Gasteiger partial charge in [0.15, 0.2) is 0 Å². The third kappa shape index (κ3) is 3.57. The predicted octanol–water partition coefficient (Wildman–Crippen LogP) is 4.14. The molecule has 0 radical (unpaired) electrons. The fourth-order valence-corrected chi connectivity index (χ4v) is 3.06. The molecular formula is C18H16Cl2N2O3. The number of rotatable bonds is 5. The number of hydrogen-bond acceptors (Lipinski definition) is 4. The van der Waals surface area contributed by atoms with Crippen molar-refractivity contribution in [1.29, 1.82) is 0 Å². The minimum atomic E-state index is -0.652. The summed E-state index contributed by atoms with van der Waals surface area (Å²) >= 11 is 12.1. The maximum absolute atomic E-state index is 12.7. The molecule has 1 heterocycles. The summed E-state index contributed by atoms with van der Waals surface area (Å²) in [6, 6.07) is 11.4. The first-order valence-electron chi connectivity index (χ1n) is 7.81. The van der Waals surface area contributed by atoms with Crippen LogP contribution in [0.15, 0.2) is 42.5 Å². The molecule has 7 heteroatoms. The Morgan fingerprint density at radius 2 is 1.88 bits per heavy atom. The molecule has 1 atom stereocenters. The largest absolute Gasteiger partial charge is 0.494 e. The van der Waals surface area contributed by atoms with Gasteiger partial charge in [-0.15, -0.1) is 0 Å². The van der Waals surface area contributed by atoms with Crippen molar-refractivity contribution in [2.24, 2.45) is 0 Å². The summed E-state index contributed by atoms with van der Waals surface area (Å²) in [5, 5.41) is 3.56. The second-order valence-corrected chi connectivity index (χ2v) is 6.28. The van der Waals surface area contributed by atoms with Crippen LogP contribution in [0, 0.1) is 0 Å². The topological polar surface area (TPSA) is 58.6 Å². The zero-order chi connectivity index (χ0) is 18.0. The number of halogens is 2. The van der Waals surface area contributed by atoms with Crippen molar-refractivity contribution >= 4 is 46.4 Å². The van der Waals surface area contributed by atoms with E-state index in [4.69, 9.17) is 27.9 Å². The van der Waals surface area contributed by atoms with Crippen LogP contribution in [-0.2, 0) is 9.59 Å². The van der Waals surface area contributed by atoms with E-state index in [9.17, 15) is 9.59 Å². The highest BCUT2D eigenvalue weighted by Crippen LogP contribution is 2.35. The van der Waals surface area contributed by atoms with Gasteiger partial charge in [0.2, 0.25) is 5.91 Å². The Bertz CT molecular complexity index is 808. The molecule has 0 unspecified atom stereocenters. The molecule has 2 amide bonds. The number of imide groups is 1. The van der Waals surface area contributed by atoms with Gasteiger partial charge in [-0.1, -0.05) is 29.3 Å². The van der Waals surface area contributed by atoms with Gasteiger partial charge in [-0.3, -0.25) is 9.59 Å². The molecule has 0 aliphatic carbocycles. The lowest BCUT2D eigenvalue weighted by atomic mass is 10.2. The van der Waals surface area contributed by atoms with Crippen molar-refractivity contribution in [2.45, 2.75) is 19.4 Å². The fourth-order valence-electron chi connectivity index (χ4n) is 2.68. The lowest BCUT2D eigenvalue weighted by molar-refractivity contribution is -0.121. The third-order valence-corrected chi connectivity index (χ3v) is 4.63. The van der Waals surface area contributed by atoms with E-state index in [-0.39, 0.29) is 23.3 Å². The Labute approximate surface area is 155 Å². The maximum Gasteiger partial charge on any atom is 0.256 e. The molecule has 1 fully saturated rings. The first-order valence-corrected chi connectivity index (χ1v) is 8.57. The van der Waals surface area contributed by atoms with E-state index in [0.29, 0.717) is 17.3 Å². The molecule has 1 saturated heterocycles. The average Bonchev–Trinajstić information content (AvgIpc) is 2.86. The molecule has 0 aromatic heterocycles. The summed E-state index contributed by atoms with van der Waals surface area (Å²) < 4.78 is 5.38. The minimum absolute atomic E-state index is 0.0505. The number of benzene rings is 2. The van der Waals surface area contributed by atoms with E-state index in [1.807, 2.05) is 6.92 Å². The van der Waals surface area contributed by atoms with Gasteiger partial charge in [0, 0.05) is 5.69 Å². The zero-order valence-corrected chi connectivity index (χ0v) is 15.0. The Morgan fingerprint density at radius 1 is 1.16 bits per heavy atom. The summed E-state index contributed by atoms with van der Waals surface area (Å²) in [4.78, 5) is 26.1. The van der Waals surface area contributed by atoms with Crippen LogP contribution < -0.4 is 15.0 Å². The summed E-state index contributed by atoms with van der Waals surface area (Å²) in [7, 11) is 0. The van der Waals surface area contributed by atoms with Crippen LogP contribution in [0.3, 0.4) is 0 Å². The van der Waals surface area contributed by atoms with Crippen LogP contribution in [0.25, 0.3) is 0 Å². The molecule has 1 aliphatic rings. The molecule has 1 N–H and O–H groups in total. The third-order valence-electron chi connectivity index (χ3n) is 3.82. The molecule has 0 bridgehead atoms. The smallest absolute Gasteiger partial charge is 0.256 e. The quantitative estimate of drug-likeness (QED) is 0.794. The van der Waals surface area contributed by atoms with E-state index in [1.165, 1.54) is 0 Å². The standard InChI is InChI=1S/C18H16Cl2N2O3/c1-2-25-12-8-6-11(7-9-12)21-14-10-16(23)22(18(14)24)15-5-3-4-13(19)17(15)20/h3-9,14,21H,2,10H2,1H3/t14-/m0/s1. The van der Waals surface area contributed by atoms with Crippen LogP contribution in [0.5, 0.6) is 5.75 Å². The van der Waals surface area contributed by atoms with Gasteiger partial charge in [0.1, 0.15) is 11.8 Å². The van der Waals surface area contributed by atoms with Crippen LogP contribution in [0.2, 0.25) is 10.0 Å². The van der Waals surface area contributed by atoms with Crippen molar-refractivity contribution in [2.75, 3.05) is 16.8 Å². The fraction of sp³-hybridized carbons (Fsp3) is 0.222. The molecule has 1 aliphatic heterocycles. The highest BCUT2D eigenvalue weighted by atomic mass is 35.5. The lowest BCUT2D eigenvalue weighted by Gasteiger charge is -2.18. The number of nitrogens with zero attached hydrogens (tertiary/aromatic N) is 1. The molecule has 5 nitrogen and oxygen atoms in total. The number of amides is 2. The number of carbonyl (C=O) groups excluding carboxylic acids is 2. The van der Waals surface area contributed by atoms with Gasteiger partial charge in [0.05, 0.1) is 28.8 Å². The summed E-state index contributed by atoms with van der Waals surface area (Å²) in [6.45, 7) is 2.49. The van der Waals surface area contributed by atoms with E-state index in [0.717, 1.165) is 16.3 Å². The molecule has 0 saturated carbocycles. The summed E-state index contributed by atoms with van der Waals surface area (Å²) in [6.07, 6.45) is 0.0505. The van der Waals surface area contributed by atoms with Crippen molar-refractivity contribution in [1.82, 2.24) is 0 Å². The minimum Gasteiger partial charge on any atom is -0.494 e. The number of carbonyl (C=O) groups is 2. The van der Waals surface area contributed by atoms with Gasteiger partial charge < -0.3 is 10.1 Å². The van der Waals surface area contributed by atoms with Crippen LogP contribution in [-0.4, -0.2) is 24.5 Å². The number of anilines is 2. The summed E-state index contributed by atoms with van der Waals surface area (Å²) in [5.41, 5.74) is 1.04. The Hall–Kier alpha value is -2.24. The Morgan fingerprint density at radius 3 is 2.56 bits per heavy atom. The summed E-state index contributed by atoms with van der Waals surface area (Å²) in [5.74, 6) is 0.0647. The van der Waals surface area contributed by atoms with Crippen molar-refractivity contribution < 1.29 is 14.3 Å². The van der Waals surface area contributed by atoms with Crippen molar-refractivity contribution in [3.63, 3.8) is 0 Å². The zero-order valence-electron chi connectivity index (χ0n) is 13.5. The van der Waals surface area contributed by atoms with Crippen molar-refractivity contribution in [3.8, 4) is 5.75 Å². The van der Waals surface area contributed by atoms with Crippen LogP contribution in [0.4, 0.5) is 11.4 Å². The molecule has 2 aromatic rings. The van der Waals surface area contributed by atoms with Gasteiger partial charge in [-0.2, -0.15) is 0 Å². The Kier molecular flexibility index (Phi) is 5.16. The van der Waals surface area contributed by atoms with Crippen LogP contribution >= 0.6 is 23.2 Å². The van der Waals surface area contributed by atoms with Gasteiger partial charge in [-0.25, -0.2) is 4.90 Å². The first-order chi connectivity index (χ1) is 12.0. The lowest BCUT2D eigenvalue weighted by Crippen LogP contribution is -2.35. The van der Waals surface area contributed by atoms with E-state index in [2.05, 4.69) is 5.32 Å². The molecule has 2 aromatic carbocycles. The van der Waals surface area contributed by atoms with E-state index in [1.54, 1.807) is 42.5 Å². The second-order valence-electron chi connectivity index (χ2n) is 5.50. The monoisotopic (exact) mass is 378 g/mol. The van der Waals surface area contributed by atoms with Gasteiger partial charge in [0.25, 0.3) is 5.91 Å². The van der Waals surface area contributed by atoms with Gasteiger partial charge in [-0.05, 0) is 43.3 Å². The predicted molar refractivity (Wildman–Crippen MR) is 98.6 cm³/mol. The maximum atomic E-state index is 12.7. The molecule has 130 valence electrons. The van der Waals surface area contributed by atoms with E-state index < -0.39 is 6.04 Å². The number of nitrogens with one attached hydrogen (secondary N) is 1. The molecule has 0 spiro atoms. The SMILES string of the molecule is CCOc1ccc(N[C@H]2CC(=O)N(c3cccc(Cl)c3Cl)C2=O)cc1. The van der Waals surface area contributed by atoms with Crippen LogP contribution in [0.1, 0.15) is 13.3 Å². The Balaban J connectivity index is 1.78. The highest BCUT2D eigenvalue weighted by Gasteiger charge is 2.40. The normalized spacial score (nSPS) is 17.1. The van der Waals surface area contributed by atoms with Gasteiger partial charge >= 0.3 is 0 Å². The molecule has 25 heavy (non-hydrogen) atoms. The number of ether oxygens (including phenoxy) is 1. The van der Waals surface area contributed by atoms with E-state index >= 15 is 0 Å². The molecular weight excluding hydrogens is 363 g/mol. The molecule has 3 rings (SSSR count). The average molecular weight is 379 g/mol. The van der Waals surface area contributed by atoms with Crippen molar-refractivity contribution in [3.05, 3.63) is 52.5 Å². The second kappa shape index (κ2) is 7.33. The highest BCUT2D eigenvalue weighted by molar-refractivity contribution is 6.45.